The first kappa shape index (κ1) is 24.2. The van der Waals surface area contributed by atoms with Gasteiger partial charge in [-0.05, 0) is 48.4 Å². The maximum absolute atomic E-state index is 5.94. The van der Waals surface area contributed by atoms with E-state index >= 15 is 0 Å². The van der Waals surface area contributed by atoms with Crippen LogP contribution in [0.25, 0.3) is 11.3 Å². The van der Waals surface area contributed by atoms with Crippen molar-refractivity contribution in [3.63, 3.8) is 0 Å². The fraction of sp³-hybridized carbons (Fsp3) is 0.357. The first-order valence-corrected chi connectivity index (χ1v) is 12.8. The Morgan fingerprint density at radius 2 is 1.94 bits per heavy atom. The van der Waals surface area contributed by atoms with Crippen LogP contribution >= 0.6 is 0 Å². The number of piperazine rings is 1. The van der Waals surface area contributed by atoms with E-state index < -0.39 is 0 Å². The molecule has 2 aromatic carbocycles. The average Bonchev–Trinajstić information content (AvgIpc) is 2.91. The SMILES string of the molecule is C1=CCNCc2cc(NCCN3CCNCC3)cc(c2)Nc2nccc(n2)-c2cccc(c2)OCC1. The van der Waals surface area contributed by atoms with Crippen LogP contribution in [0.15, 0.2) is 66.9 Å². The molecule has 8 heteroatoms. The third-order valence-electron chi connectivity index (χ3n) is 6.31. The Morgan fingerprint density at radius 1 is 1.00 bits per heavy atom. The van der Waals surface area contributed by atoms with Crippen LogP contribution in [0.2, 0.25) is 0 Å². The molecule has 0 unspecified atom stereocenters. The number of aromatic nitrogens is 2. The van der Waals surface area contributed by atoms with E-state index in [9.17, 15) is 0 Å². The molecule has 1 aromatic heterocycles. The molecule has 188 valence electrons. The highest BCUT2D eigenvalue weighted by molar-refractivity contribution is 5.66. The van der Waals surface area contributed by atoms with Crippen LogP contribution < -0.4 is 26.0 Å². The molecule has 0 amide bonds. The molecule has 2 aliphatic rings. The molecule has 0 saturated carbocycles. The molecule has 0 spiro atoms. The summed E-state index contributed by atoms with van der Waals surface area (Å²) >= 11 is 0. The minimum absolute atomic E-state index is 0.569. The van der Waals surface area contributed by atoms with E-state index in [2.05, 4.69) is 61.5 Å². The molecule has 0 radical (unpaired) electrons. The molecule has 0 atom stereocenters. The highest BCUT2D eigenvalue weighted by atomic mass is 16.5. The predicted molar refractivity (Wildman–Crippen MR) is 146 cm³/mol. The topological polar surface area (TPSA) is 86.4 Å². The Bertz CT molecular complexity index is 1160. The molecule has 3 heterocycles. The standard InChI is InChI=1S/C28H35N7O/c1-2-8-30-21-22-17-24(31-12-15-35-13-10-29-11-14-35)20-25(18-22)33-28-32-9-7-27(34-28)23-5-4-6-26(19-23)36-16-3-1/h1-2,4-7,9,17-20,29-31H,3,8,10-16,21H2,(H,32,33,34). The Morgan fingerprint density at radius 3 is 2.89 bits per heavy atom. The number of anilines is 3. The van der Waals surface area contributed by atoms with Crippen molar-refractivity contribution < 1.29 is 4.74 Å². The lowest BCUT2D eigenvalue weighted by Gasteiger charge is -2.27. The molecule has 5 rings (SSSR count). The van der Waals surface area contributed by atoms with E-state index in [1.807, 2.05) is 30.3 Å². The number of nitrogens with zero attached hydrogens (tertiary/aromatic N) is 3. The minimum atomic E-state index is 0.569. The monoisotopic (exact) mass is 485 g/mol. The van der Waals surface area contributed by atoms with Crippen LogP contribution in [0, 0.1) is 0 Å². The molecule has 8 nitrogen and oxygen atoms in total. The highest BCUT2D eigenvalue weighted by Gasteiger charge is 2.10. The van der Waals surface area contributed by atoms with Crippen LogP contribution in [0.1, 0.15) is 12.0 Å². The fourth-order valence-electron chi connectivity index (χ4n) is 4.46. The summed E-state index contributed by atoms with van der Waals surface area (Å²) in [6.45, 7) is 8.51. The molecule has 4 N–H and O–H groups in total. The van der Waals surface area contributed by atoms with Gasteiger partial charge in [0.25, 0.3) is 0 Å². The zero-order chi connectivity index (χ0) is 24.4. The third-order valence-corrected chi connectivity index (χ3v) is 6.31. The van der Waals surface area contributed by atoms with Gasteiger partial charge in [-0.25, -0.2) is 9.97 Å². The van der Waals surface area contributed by atoms with E-state index in [1.54, 1.807) is 6.20 Å². The van der Waals surface area contributed by atoms with Gasteiger partial charge >= 0.3 is 0 Å². The summed E-state index contributed by atoms with van der Waals surface area (Å²) in [7, 11) is 0. The van der Waals surface area contributed by atoms with E-state index in [-0.39, 0.29) is 0 Å². The number of benzene rings is 2. The first-order chi connectivity index (χ1) is 17.8. The van der Waals surface area contributed by atoms with Crippen LogP contribution in [-0.4, -0.2) is 67.3 Å². The smallest absolute Gasteiger partial charge is 0.227 e. The van der Waals surface area contributed by atoms with Crippen molar-refractivity contribution in [3.8, 4) is 17.0 Å². The largest absolute Gasteiger partial charge is 0.493 e. The van der Waals surface area contributed by atoms with Crippen molar-refractivity contribution in [1.29, 1.82) is 0 Å². The van der Waals surface area contributed by atoms with Crippen LogP contribution in [0.4, 0.5) is 17.3 Å². The van der Waals surface area contributed by atoms with Gasteiger partial charge in [-0.15, -0.1) is 0 Å². The molecule has 6 bridgehead atoms. The van der Waals surface area contributed by atoms with Gasteiger partial charge in [0, 0.05) is 75.5 Å². The third kappa shape index (κ3) is 7.04. The highest BCUT2D eigenvalue weighted by Crippen LogP contribution is 2.25. The summed E-state index contributed by atoms with van der Waals surface area (Å²) < 4.78 is 5.94. The Labute approximate surface area is 213 Å². The maximum atomic E-state index is 5.94. The fourth-order valence-corrected chi connectivity index (χ4v) is 4.46. The van der Waals surface area contributed by atoms with Gasteiger partial charge in [-0.1, -0.05) is 24.3 Å². The van der Waals surface area contributed by atoms with Gasteiger partial charge in [0.05, 0.1) is 12.3 Å². The lowest BCUT2D eigenvalue weighted by molar-refractivity contribution is 0.249. The molecule has 1 fully saturated rings. The second-order valence-corrected chi connectivity index (χ2v) is 9.09. The summed E-state index contributed by atoms with van der Waals surface area (Å²) in [6.07, 6.45) is 6.98. The molecule has 2 aliphatic heterocycles. The quantitative estimate of drug-likeness (QED) is 0.417. The second-order valence-electron chi connectivity index (χ2n) is 9.09. The number of fused-ring (bicyclic) bond motifs is 7. The minimum Gasteiger partial charge on any atom is -0.493 e. The van der Waals surface area contributed by atoms with Gasteiger partial charge < -0.3 is 26.0 Å². The number of ether oxygens (including phenoxy) is 1. The normalized spacial score (nSPS) is 16.8. The first-order valence-electron chi connectivity index (χ1n) is 12.8. The molecule has 1 saturated heterocycles. The Kier molecular flexibility index (Phi) is 8.41. The van der Waals surface area contributed by atoms with Crippen LogP contribution in [0.5, 0.6) is 5.75 Å². The van der Waals surface area contributed by atoms with Crippen molar-refractivity contribution in [2.24, 2.45) is 0 Å². The van der Waals surface area contributed by atoms with E-state index in [0.29, 0.717) is 12.6 Å². The van der Waals surface area contributed by atoms with Gasteiger partial charge in [0.2, 0.25) is 5.95 Å². The lowest BCUT2D eigenvalue weighted by Crippen LogP contribution is -2.45. The van der Waals surface area contributed by atoms with Crippen molar-refractivity contribution in [3.05, 3.63) is 72.4 Å². The average molecular weight is 486 g/mol. The summed E-state index contributed by atoms with van der Waals surface area (Å²) in [5, 5.41) is 14.0. The summed E-state index contributed by atoms with van der Waals surface area (Å²) in [6, 6.07) is 16.5. The van der Waals surface area contributed by atoms with Crippen molar-refractivity contribution in [2.45, 2.75) is 13.0 Å². The zero-order valence-electron chi connectivity index (χ0n) is 20.7. The van der Waals surface area contributed by atoms with Gasteiger partial charge in [0.15, 0.2) is 0 Å². The van der Waals surface area contributed by atoms with Crippen molar-refractivity contribution in [2.75, 3.05) is 63.1 Å². The summed E-state index contributed by atoms with van der Waals surface area (Å²) in [5.41, 5.74) is 5.11. The number of hydrogen-bond donors (Lipinski definition) is 4. The molecular formula is C28H35N7O. The molecule has 0 aliphatic carbocycles. The number of nitrogens with one attached hydrogen (secondary N) is 4. The molecule has 36 heavy (non-hydrogen) atoms. The van der Waals surface area contributed by atoms with Gasteiger partial charge in [-0.3, -0.25) is 4.90 Å². The van der Waals surface area contributed by atoms with Gasteiger partial charge in [0.1, 0.15) is 5.75 Å². The Balaban J connectivity index is 1.36. The lowest BCUT2D eigenvalue weighted by atomic mass is 10.1. The second kappa shape index (κ2) is 12.5. The van der Waals surface area contributed by atoms with Crippen LogP contribution in [-0.2, 0) is 6.54 Å². The van der Waals surface area contributed by atoms with Crippen LogP contribution in [0.3, 0.4) is 0 Å². The van der Waals surface area contributed by atoms with Crippen molar-refractivity contribution in [1.82, 2.24) is 25.5 Å². The van der Waals surface area contributed by atoms with E-state index in [1.165, 1.54) is 5.56 Å². The van der Waals surface area contributed by atoms with E-state index in [4.69, 9.17) is 9.72 Å². The van der Waals surface area contributed by atoms with Crippen molar-refractivity contribution >= 4 is 17.3 Å². The molecule has 3 aromatic rings. The summed E-state index contributed by atoms with van der Waals surface area (Å²) in [5.74, 6) is 1.41. The predicted octanol–water partition coefficient (Wildman–Crippen LogP) is 3.63. The van der Waals surface area contributed by atoms with E-state index in [0.717, 1.165) is 87.2 Å². The molecular weight excluding hydrogens is 450 g/mol. The van der Waals surface area contributed by atoms with Gasteiger partial charge in [-0.2, -0.15) is 0 Å². The number of hydrogen-bond acceptors (Lipinski definition) is 8. The zero-order valence-corrected chi connectivity index (χ0v) is 20.7. The number of rotatable bonds is 4. The summed E-state index contributed by atoms with van der Waals surface area (Å²) in [4.78, 5) is 11.7. The Hall–Kier alpha value is -3.46. The maximum Gasteiger partial charge on any atom is 0.227 e.